The predicted octanol–water partition coefficient (Wildman–Crippen LogP) is 3.32. The Labute approximate surface area is 157 Å². The number of sulfonamides is 1. The van der Waals surface area contributed by atoms with Gasteiger partial charge in [-0.15, -0.1) is 0 Å². The summed E-state index contributed by atoms with van der Waals surface area (Å²) in [5.74, 6) is 1.12. The molecule has 0 atom stereocenters. The van der Waals surface area contributed by atoms with E-state index < -0.39 is 10.0 Å². The van der Waals surface area contributed by atoms with Crippen molar-refractivity contribution in [2.24, 2.45) is 0 Å². The van der Waals surface area contributed by atoms with E-state index in [2.05, 4.69) is 9.71 Å². The molecule has 3 aromatic rings. The molecule has 0 saturated heterocycles. The number of imidazole rings is 1. The molecular formula is C18H18ClN3O3S. The van der Waals surface area contributed by atoms with Crippen LogP contribution in [0.1, 0.15) is 11.4 Å². The maximum atomic E-state index is 12.6. The quantitative estimate of drug-likeness (QED) is 0.699. The van der Waals surface area contributed by atoms with Crippen LogP contribution >= 0.6 is 11.6 Å². The minimum Gasteiger partial charge on any atom is -0.495 e. The normalized spacial score (nSPS) is 11.5. The zero-order valence-corrected chi connectivity index (χ0v) is 15.9. The molecule has 0 bridgehead atoms. The largest absolute Gasteiger partial charge is 0.495 e. The highest BCUT2D eigenvalue weighted by Gasteiger charge is 2.19. The Kier molecular flexibility index (Phi) is 5.31. The van der Waals surface area contributed by atoms with E-state index in [-0.39, 0.29) is 17.2 Å². The maximum absolute atomic E-state index is 12.6. The summed E-state index contributed by atoms with van der Waals surface area (Å²) in [5, 5.41) is 0.325. The number of rotatable bonds is 6. The van der Waals surface area contributed by atoms with E-state index in [1.54, 1.807) is 12.3 Å². The van der Waals surface area contributed by atoms with Gasteiger partial charge in [-0.1, -0.05) is 23.7 Å². The molecule has 2 aromatic carbocycles. The third-order valence-corrected chi connectivity index (χ3v) is 5.58. The van der Waals surface area contributed by atoms with Gasteiger partial charge in [-0.3, -0.25) is 0 Å². The first-order chi connectivity index (χ1) is 12.4. The lowest BCUT2D eigenvalue weighted by atomic mass is 10.2. The van der Waals surface area contributed by atoms with Gasteiger partial charge >= 0.3 is 0 Å². The molecule has 0 radical (unpaired) electrons. The molecule has 136 valence electrons. The molecule has 3 rings (SSSR count). The molecule has 0 aliphatic carbocycles. The maximum Gasteiger partial charge on any atom is 0.244 e. The van der Waals surface area contributed by atoms with Crippen molar-refractivity contribution in [2.75, 3.05) is 7.11 Å². The van der Waals surface area contributed by atoms with Crippen LogP contribution in [0.5, 0.6) is 5.75 Å². The van der Waals surface area contributed by atoms with E-state index in [9.17, 15) is 8.42 Å². The molecule has 0 saturated carbocycles. The topological polar surface area (TPSA) is 73.2 Å². The monoisotopic (exact) mass is 391 g/mol. The smallest absolute Gasteiger partial charge is 0.244 e. The first-order valence-corrected chi connectivity index (χ1v) is 9.69. The van der Waals surface area contributed by atoms with Gasteiger partial charge in [-0.05, 0) is 42.8 Å². The predicted molar refractivity (Wildman–Crippen MR) is 100 cm³/mol. The minimum atomic E-state index is -3.76. The molecule has 0 spiro atoms. The van der Waals surface area contributed by atoms with Crippen LogP contribution in [0, 0.1) is 6.92 Å². The van der Waals surface area contributed by atoms with Crippen molar-refractivity contribution in [3.63, 3.8) is 0 Å². The highest BCUT2D eigenvalue weighted by molar-refractivity contribution is 7.89. The summed E-state index contributed by atoms with van der Waals surface area (Å²) in [6.07, 6.45) is 3.61. The minimum absolute atomic E-state index is 0.0122. The summed E-state index contributed by atoms with van der Waals surface area (Å²) in [4.78, 5) is 4.20. The van der Waals surface area contributed by atoms with E-state index >= 15 is 0 Å². The average molecular weight is 392 g/mol. The van der Waals surface area contributed by atoms with E-state index in [1.165, 1.54) is 19.2 Å². The Bertz CT molecular complexity index is 1010. The second-order valence-electron chi connectivity index (χ2n) is 5.63. The van der Waals surface area contributed by atoms with E-state index in [0.29, 0.717) is 5.02 Å². The Morgan fingerprint density at radius 2 is 1.92 bits per heavy atom. The van der Waals surface area contributed by atoms with Crippen LogP contribution in [0.4, 0.5) is 0 Å². The molecule has 1 N–H and O–H groups in total. The van der Waals surface area contributed by atoms with Crippen molar-refractivity contribution < 1.29 is 13.2 Å². The summed E-state index contributed by atoms with van der Waals surface area (Å²) in [6, 6.07) is 12.0. The molecule has 0 fully saturated rings. The fourth-order valence-corrected chi connectivity index (χ4v) is 3.99. The SMILES string of the molecule is COc1ccc(Cl)cc1S(=O)(=O)NCc1ccc(-n2ccnc2C)cc1. The van der Waals surface area contributed by atoms with Gasteiger partial charge in [0, 0.05) is 29.6 Å². The summed E-state index contributed by atoms with van der Waals surface area (Å²) in [6.45, 7) is 2.07. The van der Waals surface area contributed by atoms with Crippen LogP contribution in [-0.2, 0) is 16.6 Å². The number of nitrogens with zero attached hydrogens (tertiary/aromatic N) is 2. The van der Waals surface area contributed by atoms with Crippen molar-refractivity contribution in [1.82, 2.24) is 14.3 Å². The number of nitrogens with one attached hydrogen (secondary N) is 1. The van der Waals surface area contributed by atoms with E-state index in [0.717, 1.165) is 17.1 Å². The molecule has 0 aliphatic rings. The lowest BCUT2D eigenvalue weighted by Gasteiger charge is -2.12. The number of halogens is 1. The van der Waals surface area contributed by atoms with Crippen molar-refractivity contribution in [3.05, 3.63) is 71.3 Å². The summed E-state index contributed by atoms with van der Waals surface area (Å²) < 4.78 is 34.8. The fourth-order valence-electron chi connectivity index (χ4n) is 2.54. The molecule has 1 aromatic heterocycles. The van der Waals surface area contributed by atoms with E-state index in [4.69, 9.17) is 16.3 Å². The molecule has 0 aliphatic heterocycles. The number of aromatic nitrogens is 2. The lowest BCUT2D eigenvalue weighted by Crippen LogP contribution is -2.23. The first kappa shape index (κ1) is 18.4. The van der Waals surface area contributed by atoms with Crippen LogP contribution < -0.4 is 9.46 Å². The van der Waals surface area contributed by atoms with Crippen LogP contribution in [-0.4, -0.2) is 25.1 Å². The van der Waals surface area contributed by atoms with Gasteiger partial charge in [-0.2, -0.15) is 0 Å². The highest BCUT2D eigenvalue weighted by atomic mass is 35.5. The highest BCUT2D eigenvalue weighted by Crippen LogP contribution is 2.27. The molecular weight excluding hydrogens is 374 g/mol. The number of hydrogen-bond donors (Lipinski definition) is 1. The third kappa shape index (κ3) is 3.90. The van der Waals surface area contributed by atoms with Gasteiger partial charge in [0.1, 0.15) is 16.5 Å². The number of benzene rings is 2. The van der Waals surface area contributed by atoms with Gasteiger partial charge in [0.05, 0.1) is 7.11 Å². The first-order valence-electron chi connectivity index (χ1n) is 7.83. The van der Waals surface area contributed by atoms with Crippen molar-refractivity contribution in [2.45, 2.75) is 18.4 Å². The van der Waals surface area contributed by atoms with Crippen molar-refractivity contribution in [3.8, 4) is 11.4 Å². The summed E-state index contributed by atoms with van der Waals surface area (Å²) in [7, 11) is -2.34. The number of aryl methyl sites for hydroxylation is 1. The molecule has 6 nitrogen and oxygen atoms in total. The van der Waals surface area contributed by atoms with Crippen molar-refractivity contribution >= 4 is 21.6 Å². The molecule has 1 heterocycles. The molecule has 0 unspecified atom stereocenters. The Morgan fingerprint density at radius 1 is 1.19 bits per heavy atom. The zero-order chi connectivity index (χ0) is 18.7. The third-order valence-electron chi connectivity index (χ3n) is 3.92. The Hall–Kier alpha value is -2.35. The van der Waals surface area contributed by atoms with Gasteiger partial charge in [0.15, 0.2) is 0 Å². The standard InChI is InChI=1S/C18H18ClN3O3S/c1-13-20-9-10-22(13)16-6-3-14(4-7-16)12-21-26(23,24)18-11-15(19)5-8-17(18)25-2/h3-11,21H,12H2,1-2H3. The lowest BCUT2D eigenvalue weighted by molar-refractivity contribution is 0.402. The van der Waals surface area contributed by atoms with Gasteiger partial charge < -0.3 is 9.30 Å². The second kappa shape index (κ2) is 7.49. The average Bonchev–Trinajstić information content (AvgIpc) is 3.06. The van der Waals surface area contributed by atoms with Gasteiger partial charge in [-0.25, -0.2) is 18.1 Å². The van der Waals surface area contributed by atoms with Gasteiger partial charge in [0.25, 0.3) is 0 Å². The van der Waals surface area contributed by atoms with Crippen LogP contribution in [0.3, 0.4) is 0 Å². The number of hydrogen-bond acceptors (Lipinski definition) is 4. The summed E-state index contributed by atoms with van der Waals surface area (Å²) >= 11 is 5.92. The van der Waals surface area contributed by atoms with E-state index in [1.807, 2.05) is 42.0 Å². The summed E-state index contributed by atoms with van der Waals surface area (Å²) in [5.41, 5.74) is 1.79. The van der Waals surface area contributed by atoms with Gasteiger partial charge in [0.2, 0.25) is 10.0 Å². The molecule has 8 heteroatoms. The number of ether oxygens (including phenoxy) is 1. The molecule has 26 heavy (non-hydrogen) atoms. The Balaban J connectivity index is 1.76. The second-order valence-corrected chi connectivity index (χ2v) is 7.80. The molecule has 0 amide bonds. The van der Waals surface area contributed by atoms with Crippen LogP contribution in [0.25, 0.3) is 5.69 Å². The van der Waals surface area contributed by atoms with Crippen LogP contribution in [0.2, 0.25) is 5.02 Å². The zero-order valence-electron chi connectivity index (χ0n) is 14.3. The van der Waals surface area contributed by atoms with Crippen molar-refractivity contribution in [1.29, 1.82) is 0 Å². The fraction of sp³-hybridized carbons (Fsp3) is 0.167. The Morgan fingerprint density at radius 3 is 2.54 bits per heavy atom. The number of methoxy groups -OCH3 is 1. The van der Waals surface area contributed by atoms with Crippen LogP contribution in [0.15, 0.2) is 59.8 Å².